The van der Waals surface area contributed by atoms with Gasteiger partial charge in [0.2, 0.25) is 0 Å². The lowest BCUT2D eigenvalue weighted by Gasteiger charge is -2.40. The molecule has 0 saturated heterocycles. The largest absolute Gasteiger partial charge is 0.299 e. The highest BCUT2D eigenvalue weighted by Crippen LogP contribution is 2.57. The van der Waals surface area contributed by atoms with Gasteiger partial charge in [-0.15, -0.1) is 0 Å². The number of carbonyl (C=O) groups is 1. The van der Waals surface area contributed by atoms with Gasteiger partial charge in [-0.3, -0.25) is 4.79 Å². The van der Waals surface area contributed by atoms with Gasteiger partial charge in [0.1, 0.15) is 5.78 Å². The van der Waals surface area contributed by atoms with Crippen LogP contribution in [0.4, 0.5) is 0 Å². The lowest BCUT2D eigenvalue weighted by atomic mass is 9.61. The third kappa shape index (κ3) is 1.73. The first-order valence-corrected chi connectivity index (χ1v) is 9.37. The molecule has 1 fully saturated rings. The number of ketones is 1. The summed E-state index contributed by atoms with van der Waals surface area (Å²) in [5.74, 6) is 1.52. The van der Waals surface area contributed by atoms with Gasteiger partial charge in [-0.25, -0.2) is 0 Å². The van der Waals surface area contributed by atoms with Gasteiger partial charge < -0.3 is 0 Å². The van der Waals surface area contributed by atoms with Crippen LogP contribution in [0, 0.1) is 5.92 Å². The van der Waals surface area contributed by atoms with E-state index in [4.69, 9.17) is 0 Å². The van der Waals surface area contributed by atoms with Crippen LogP contribution in [0.5, 0.6) is 0 Å². The zero-order valence-corrected chi connectivity index (χ0v) is 14.6. The lowest BCUT2D eigenvalue weighted by molar-refractivity contribution is -0.126. The van der Waals surface area contributed by atoms with Crippen LogP contribution in [-0.2, 0) is 16.6 Å². The molecule has 1 heteroatoms. The average Bonchev–Trinajstić information content (AvgIpc) is 3.18. The number of hydrogen-bond donors (Lipinski definition) is 0. The molecule has 1 saturated carbocycles. The zero-order chi connectivity index (χ0) is 16.5. The lowest BCUT2D eigenvalue weighted by Crippen LogP contribution is -2.43. The second kappa shape index (κ2) is 4.81. The summed E-state index contributed by atoms with van der Waals surface area (Å²) in [4.78, 5) is 13.1. The maximum Gasteiger partial charge on any atom is 0.144 e. The SMILES string of the molecule is CC(C)c1cccc2cc3c(cc12)C1(CC2=CCC1C2)C(=O)CC3. The highest BCUT2D eigenvalue weighted by molar-refractivity contribution is 5.97. The molecule has 0 radical (unpaired) electrons. The van der Waals surface area contributed by atoms with Gasteiger partial charge in [0.05, 0.1) is 5.41 Å². The molecule has 0 aromatic heterocycles. The highest BCUT2D eigenvalue weighted by atomic mass is 16.1. The van der Waals surface area contributed by atoms with Crippen molar-refractivity contribution in [3.8, 4) is 0 Å². The molecule has 2 aromatic carbocycles. The summed E-state index contributed by atoms with van der Waals surface area (Å²) < 4.78 is 0. The minimum atomic E-state index is -0.198. The molecule has 2 bridgehead atoms. The van der Waals surface area contributed by atoms with E-state index in [0.29, 0.717) is 17.6 Å². The number of carbonyl (C=O) groups excluding carboxylic acids is 1. The summed E-state index contributed by atoms with van der Waals surface area (Å²) in [6.07, 6.45) is 7.27. The monoisotopic (exact) mass is 316 g/mol. The summed E-state index contributed by atoms with van der Waals surface area (Å²) >= 11 is 0. The molecule has 0 N–H and O–H groups in total. The maximum atomic E-state index is 13.1. The van der Waals surface area contributed by atoms with Crippen molar-refractivity contribution < 1.29 is 4.79 Å². The number of aryl methyl sites for hydroxylation is 1. The smallest absolute Gasteiger partial charge is 0.144 e. The van der Waals surface area contributed by atoms with Gasteiger partial charge in [0, 0.05) is 6.42 Å². The predicted molar refractivity (Wildman–Crippen MR) is 98.5 cm³/mol. The van der Waals surface area contributed by atoms with E-state index in [1.54, 1.807) is 0 Å². The van der Waals surface area contributed by atoms with Crippen LogP contribution in [0.25, 0.3) is 10.8 Å². The van der Waals surface area contributed by atoms with Crippen molar-refractivity contribution in [2.45, 2.75) is 57.3 Å². The van der Waals surface area contributed by atoms with E-state index in [2.05, 4.69) is 50.3 Å². The molecule has 0 amide bonds. The van der Waals surface area contributed by atoms with Crippen molar-refractivity contribution in [3.05, 3.63) is 58.7 Å². The van der Waals surface area contributed by atoms with Gasteiger partial charge >= 0.3 is 0 Å². The molecule has 3 aliphatic rings. The van der Waals surface area contributed by atoms with E-state index in [-0.39, 0.29) is 5.41 Å². The van der Waals surface area contributed by atoms with E-state index in [9.17, 15) is 4.79 Å². The normalized spacial score (nSPS) is 28.0. The Kier molecular flexibility index (Phi) is 2.90. The minimum Gasteiger partial charge on any atom is -0.299 e. The second-order valence-electron chi connectivity index (χ2n) is 8.30. The van der Waals surface area contributed by atoms with Gasteiger partial charge in [0.25, 0.3) is 0 Å². The minimum absolute atomic E-state index is 0.198. The standard InChI is InChI=1S/C23H24O/c1-14(2)19-5-3-4-16-11-17-7-9-22(24)23(21(17)12-20(16)19)13-15-6-8-18(23)10-15/h3-6,11-12,14,18H,7-10,13H2,1-2H3. The average molecular weight is 316 g/mol. The number of rotatable bonds is 1. The van der Waals surface area contributed by atoms with Gasteiger partial charge in [-0.1, -0.05) is 49.8 Å². The summed E-state index contributed by atoms with van der Waals surface area (Å²) in [5.41, 5.74) is 5.53. The molecule has 2 aromatic rings. The Morgan fingerprint density at radius 3 is 2.75 bits per heavy atom. The first-order valence-electron chi connectivity index (χ1n) is 9.37. The fourth-order valence-electron chi connectivity index (χ4n) is 5.60. The van der Waals surface area contributed by atoms with Crippen LogP contribution in [0.2, 0.25) is 0 Å². The topological polar surface area (TPSA) is 17.1 Å². The van der Waals surface area contributed by atoms with E-state index in [0.717, 1.165) is 32.1 Å². The number of fused-ring (bicyclic) bond motifs is 6. The Labute approximate surface area is 143 Å². The van der Waals surface area contributed by atoms with Crippen molar-refractivity contribution in [2.75, 3.05) is 0 Å². The van der Waals surface area contributed by atoms with Crippen LogP contribution >= 0.6 is 0 Å². The highest BCUT2D eigenvalue weighted by Gasteiger charge is 2.55. The molecular weight excluding hydrogens is 292 g/mol. The number of allylic oxidation sites excluding steroid dienone is 2. The first kappa shape index (κ1) is 14.5. The summed E-state index contributed by atoms with van der Waals surface area (Å²) in [6, 6.07) is 11.4. The van der Waals surface area contributed by atoms with Crippen molar-refractivity contribution in [1.29, 1.82) is 0 Å². The molecule has 0 aliphatic heterocycles. The maximum absolute atomic E-state index is 13.1. The van der Waals surface area contributed by atoms with Crippen molar-refractivity contribution in [2.24, 2.45) is 5.92 Å². The first-order chi connectivity index (χ1) is 11.6. The van der Waals surface area contributed by atoms with E-state index < -0.39 is 0 Å². The Bertz CT molecular complexity index is 902. The molecule has 3 aliphatic carbocycles. The fraction of sp³-hybridized carbons (Fsp3) is 0.435. The molecule has 5 rings (SSSR count). The van der Waals surface area contributed by atoms with Gasteiger partial charge in [-0.2, -0.15) is 0 Å². The third-order valence-corrected chi connectivity index (χ3v) is 6.76. The van der Waals surface area contributed by atoms with Crippen LogP contribution < -0.4 is 0 Å². The molecular formula is C23H24O. The van der Waals surface area contributed by atoms with Crippen molar-refractivity contribution >= 4 is 16.6 Å². The van der Waals surface area contributed by atoms with Gasteiger partial charge in [-0.05, 0) is 71.0 Å². The van der Waals surface area contributed by atoms with E-state index in [1.807, 2.05) is 0 Å². The summed E-state index contributed by atoms with van der Waals surface area (Å²) in [7, 11) is 0. The number of benzene rings is 2. The predicted octanol–water partition coefficient (Wildman–Crippen LogP) is 5.46. The third-order valence-electron chi connectivity index (χ3n) is 6.76. The van der Waals surface area contributed by atoms with Crippen molar-refractivity contribution in [3.63, 3.8) is 0 Å². The number of hydrogen-bond acceptors (Lipinski definition) is 1. The Morgan fingerprint density at radius 2 is 2.04 bits per heavy atom. The quantitative estimate of drug-likeness (QED) is 0.639. The zero-order valence-electron chi connectivity index (χ0n) is 14.6. The molecule has 1 nitrogen and oxygen atoms in total. The molecule has 1 spiro atoms. The molecule has 24 heavy (non-hydrogen) atoms. The summed E-state index contributed by atoms with van der Waals surface area (Å²) in [5, 5.41) is 2.70. The molecule has 2 atom stereocenters. The fourth-order valence-corrected chi connectivity index (χ4v) is 5.60. The van der Waals surface area contributed by atoms with Crippen molar-refractivity contribution in [1.82, 2.24) is 0 Å². The van der Waals surface area contributed by atoms with Gasteiger partial charge in [0.15, 0.2) is 0 Å². The van der Waals surface area contributed by atoms with E-state index in [1.165, 1.54) is 33.0 Å². The van der Waals surface area contributed by atoms with Crippen LogP contribution in [0.3, 0.4) is 0 Å². The van der Waals surface area contributed by atoms with Crippen LogP contribution in [-0.4, -0.2) is 5.78 Å². The molecule has 122 valence electrons. The number of Topliss-reactive ketones (excluding diaryl/α,β-unsaturated/α-hetero) is 1. The Hall–Kier alpha value is -1.89. The van der Waals surface area contributed by atoms with Crippen LogP contribution in [0.15, 0.2) is 42.0 Å². The molecule has 0 heterocycles. The van der Waals surface area contributed by atoms with E-state index >= 15 is 0 Å². The van der Waals surface area contributed by atoms with Crippen LogP contribution in [0.1, 0.15) is 62.1 Å². The second-order valence-corrected chi connectivity index (χ2v) is 8.30. The molecule has 2 unspecified atom stereocenters. The summed E-state index contributed by atoms with van der Waals surface area (Å²) in [6.45, 7) is 4.52. The Morgan fingerprint density at radius 1 is 1.17 bits per heavy atom. The Balaban J connectivity index is 1.80.